The van der Waals surface area contributed by atoms with E-state index in [1.165, 1.54) is 4.90 Å². The summed E-state index contributed by atoms with van der Waals surface area (Å²) in [6.45, 7) is 4.61. The molecule has 1 aromatic carbocycles. The molecule has 3 N–H and O–H groups in total. The van der Waals surface area contributed by atoms with Gasteiger partial charge >= 0.3 is 0 Å². The highest BCUT2D eigenvalue weighted by molar-refractivity contribution is 8.02. The van der Waals surface area contributed by atoms with Gasteiger partial charge in [0.05, 0.1) is 23.2 Å². The van der Waals surface area contributed by atoms with E-state index in [4.69, 9.17) is 0 Å². The number of aliphatic hydroxyl groups excluding tert-OH is 1. The molecule has 0 aromatic heterocycles. The SMILES string of the molecule is CCCCNC(=O)C1N(CCO)C(=O)[C@@H]2[C@H](C(=O)Nc3ccccc3)[C@@H]3CC(C)C12S3. The number of benzene rings is 1. The summed E-state index contributed by atoms with van der Waals surface area (Å²) in [6, 6.07) is 8.59. The topological polar surface area (TPSA) is 98.7 Å². The Morgan fingerprint density at radius 2 is 2.00 bits per heavy atom. The number of nitrogens with zero attached hydrogens (tertiary/aromatic N) is 1. The summed E-state index contributed by atoms with van der Waals surface area (Å²) in [5, 5.41) is 15.6. The molecule has 2 bridgehead atoms. The number of β-amino-alcohol motifs (C(OH)–C–C–N with tert-alkyl or cyclic N) is 1. The van der Waals surface area contributed by atoms with Gasteiger partial charge in [0.1, 0.15) is 6.04 Å². The predicted octanol–water partition coefficient (Wildman–Crippen LogP) is 1.87. The number of hydrogen-bond acceptors (Lipinski definition) is 5. The predicted molar refractivity (Wildman–Crippen MR) is 120 cm³/mol. The van der Waals surface area contributed by atoms with Crippen molar-refractivity contribution >= 4 is 35.2 Å². The first-order chi connectivity index (χ1) is 15.0. The van der Waals surface area contributed by atoms with Gasteiger partial charge in [0.25, 0.3) is 0 Å². The number of unbranched alkanes of at least 4 members (excludes halogenated alkanes) is 1. The van der Waals surface area contributed by atoms with E-state index in [0.717, 1.165) is 19.3 Å². The van der Waals surface area contributed by atoms with Gasteiger partial charge in [0.2, 0.25) is 17.7 Å². The van der Waals surface area contributed by atoms with E-state index in [1.54, 1.807) is 11.8 Å². The lowest BCUT2D eigenvalue weighted by atomic mass is 9.66. The molecular weight excluding hydrogens is 414 g/mol. The fraction of sp³-hybridized carbons (Fsp3) is 0.609. The van der Waals surface area contributed by atoms with Crippen LogP contribution in [0.3, 0.4) is 0 Å². The smallest absolute Gasteiger partial charge is 0.244 e. The van der Waals surface area contributed by atoms with E-state index in [2.05, 4.69) is 24.5 Å². The highest BCUT2D eigenvalue weighted by Crippen LogP contribution is 2.68. The average Bonchev–Trinajstić information content (AvgIpc) is 3.33. The molecule has 0 aliphatic carbocycles. The van der Waals surface area contributed by atoms with Gasteiger partial charge in [-0.3, -0.25) is 14.4 Å². The van der Waals surface area contributed by atoms with Crippen molar-refractivity contribution in [2.75, 3.05) is 25.0 Å². The molecule has 3 unspecified atom stereocenters. The second kappa shape index (κ2) is 8.82. The zero-order valence-corrected chi connectivity index (χ0v) is 18.9. The van der Waals surface area contributed by atoms with Crippen LogP contribution in [0, 0.1) is 17.8 Å². The largest absolute Gasteiger partial charge is 0.395 e. The van der Waals surface area contributed by atoms with E-state index < -0.39 is 22.6 Å². The second-order valence-corrected chi connectivity index (χ2v) is 10.4. The summed E-state index contributed by atoms with van der Waals surface area (Å²) in [7, 11) is 0. The quantitative estimate of drug-likeness (QED) is 0.531. The van der Waals surface area contributed by atoms with Crippen LogP contribution in [-0.4, -0.2) is 63.5 Å². The molecule has 7 nitrogen and oxygen atoms in total. The zero-order valence-electron chi connectivity index (χ0n) is 18.0. The van der Waals surface area contributed by atoms with E-state index >= 15 is 0 Å². The van der Waals surface area contributed by atoms with Crippen LogP contribution in [-0.2, 0) is 14.4 Å². The lowest BCUT2D eigenvalue weighted by Gasteiger charge is -2.38. The number of fused-ring (bicyclic) bond motifs is 1. The van der Waals surface area contributed by atoms with Crippen LogP contribution in [0.2, 0.25) is 0 Å². The number of rotatable bonds is 8. The van der Waals surface area contributed by atoms with Crippen LogP contribution in [0.1, 0.15) is 33.1 Å². The number of hydrogen-bond donors (Lipinski definition) is 3. The number of para-hydroxylation sites is 1. The third kappa shape index (κ3) is 3.53. The molecule has 3 amide bonds. The monoisotopic (exact) mass is 445 g/mol. The van der Waals surface area contributed by atoms with Crippen LogP contribution < -0.4 is 10.6 Å². The van der Waals surface area contributed by atoms with Gasteiger partial charge in [0, 0.05) is 24.0 Å². The lowest BCUT2D eigenvalue weighted by molar-refractivity contribution is -0.139. The summed E-state index contributed by atoms with van der Waals surface area (Å²) in [5.74, 6) is -1.41. The Labute approximate surface area is 187 Å². The van der Waals surface area contributed by atoms with Crippen LogP contribution >= 0.6 is 11.8 Å². The fourth-order valence-corrected chi connectivity index (χ4v) is 8.12. The Morgan fingerprint density at radius 3 is 2.68 bits per heavy atom. The summed E-state index contributed by atoms with van der Waals surface area (Å²) in [6.07, 6.45) is 2.64. The Morgan fingerprint density at radius 1 is 1.26 bits per heavy atom. The minimum atomic E-state index is -0.659. The van der Waals surface area contributed by atoms with Crippen molar-refractivity contribution in [2.45, 2.75) is 49.1 Å². The molecule has 4 rings (SSSR count). The van der Waals surface area contributed by atoms with E-state index in [1.807, 2.05) is 30.3 Å². The van der Waals surface area contributed by atoms with Crippen LogP contribution in [0.15, 0.2) is 30.3 Å². The van der Waals surface area contributed by atoms with Gasteiger partial charge in [-0.2, -0.15) is 0 Å². The molecule has 31 heavy (non-hydrogen) atoms. The molecule has 168 valence electrons. The van der Waals surface area contributed by atoms with Crippen molar-refractivity contribution in [3.8, 4) is 0 Å². The Bertz CT molecular complexity index is 850. The average molecular weight is 446 g/mol. The molecule has 3 aliphatic rings. The Balaban J connectivity index is 1.65. The molecule has 1 aromatic rings. The summed E-state index contributed by atoms with van der Waals surface area (Å²) >= 11 is 1.65. The van der Waals surface area contributed by atoms with Crippen molar-refractivity contribution in [1.82, 2.24) is 10.2 Å². The van der Waals surface area contributed by atoms with Gasteiger partial charge in [-0.1, -0.05) is 38.5 Å². The number of aliphatic hydroxyl groups is 1. The van der Waals surface area contributed by atoms with Gasteiger partial charge in [-0.25, -0.2) is 0 Å². The third-order valence-electron chi connectivity index (χ3n) is 7.01. The Hall–Kier alpha value is -2.06. The number of nitrogens with one attached hydrogen (secondary N) is 2. The van der Waals surface area contributed by atoms with Crippen molar-refractivity contribution in [3.63, 3.8) is 0 Å². The van der Waals surface area contributed by atoms with Crippen LogP contribution in [0.4, 0.5) is 5.69 Å². The number of likely N-dealkylation sites (tertiary alicyclic amines) is 1. The molecule has 3 heterocycles. The van der Waals surface area contributed by atoms with Gasteiger partial charge in [0.15, 0.2) is 0 Å². The van der Waals surface area contributed by atoms with E-state index in [0.29, 0.717) is 12.2 Å². The lowest BCUT2D eigenvalue weighted by Crippen LogP contribution is -2.56. The maximum atomic E-state index is 13.6. The number of carbonyl (C=O) groups excluding carboxylic acids is 3. The molecule has 0 radical (unpaired) electrons. The summed E-state index contributed by atoms with van der Waals surface area (Å²) in [5.41, 5.74) is 0.703. The standard InChI is InChI=1S/C23H31N3O4S/c1-3-4-10-24-21(29)19-23-14(2)13-16(31-23)17(18(23)22(30)26(19)11-12-27)20(28)25-15-8-6-5-7-9-15/h5-9,14,16-19,27H,3-4,10-13H2,1-2H3,(H,24,29)(H,25,28)/t14?,16-,17+,18-,19?,23?/m0/s1. The number of carbonyl (C=O) groups is 3. The first-order valence-electron chi connectivity index (χ1n) is 11.2. The fourth-order valence-electron chi connectivity index (χ4n) is 5.70. The van der Waals surface area contributed by atoms with Crippen molar-refractivity contribution in [3.05, 3.63) is 30.3 Å². The highest BCUT2D eigenvalue weighted by atomic mass is 32.2. The minimum absolute atomic E-state index is 0.00915. The minimum Gasteiger partial charge on any atom is -0.395 e. The maximum Gasteiger partial charge on any atom is 0.244 e. The third-order valence-corrected chi connectivity index (χ3v) is 9.08. The van der Waals surface area contributed by atoms with E-state index in [-0.39, 0.29) is 42.0 Å². The first kappa shape index (κ1) is 22.1. The van der Waals surface area contributed by atoms with Crippen LogP contribution in [0.25, 0.3) is 0 Å². The maximum absolute atomic E-state index is 13.6. The molecule has 3 aliphatic heterocycles. The van der Waals surface area contributed by atoms with Gasteiger partial charge in [-0.15, -0.1) is 11.8 Å². The molecule has 3 saturated heterocycles. The highest BCUT2D eigenvalue weighted by Gasteiger charge is 2.75. The van der Waals surface area contributed by atoms with Crippen LogP contribution in [0.5, 0.6) is 0 Å². The number of anilines is 1. The van der Waals surface area contributed by atoms with Crippen molar-refractivity contribution in [2.24, 2.45) is 17.8 Å². The summed E-state index contributed by atoms with van der Waals surface area (Å²) in [4.78, 5) is 41.7. The molecular formula is C23H31N3O4S. The van der Waals surface area contributed by atoms with Crippen molar-refractivity contribution < 1.29 is 19.5 Å². The molecule has 6 atom stereocenters. The first-order valence-corrected chi connectivity index (χ1v) is 12.1. The zero-order chi connectivity index (χ0) is 22.2. The molecule has 1 spiro atoms. The van der Waals surface area contributed by atoms with Crippen molar-refractivity contribution in [1.29, 1.82) is 0 Å². The second-order valence-electron chi connectivity index (χ2n) is 8.81. The normalized spacial score (nSPS) is 33.5. The molecule has 0 saturated carbocycles. The number of thioether (sulfide) groups is 1. The number of amides is 3. The summed E-state index contributed by atoms with van der Waals surface area (Å²) < 4.78 is -0.633. The molecule has 3 fully saturated rings. The Kier molecular flexibility index (Phi) is 6.30. The molecule has 8 heteroatoms. The van der Waals surface area contributed by atoms with Gasteiger partial charge < -0.3 is 20.6 Å². The van der Waals surface area contributed by atoms with E-state index in [9.17, 15) is 19.5 Å². The van der Waals surface area contributed by atoms with Gasteiger partial charge in [-0.05, 0) is 30.9 Å².